The van der Waals surface area contributed by atoms with Crippen molar-refractivity contribution in [2.45, 2.75) is 25.4 Å². The van der Waals surface area contributed by atoms with Crippen molar-refractivity contribution in [2.24, 2.45) is 5.92 Å². The molecule has 0 unspecified atom stereocenters. The van der Waals surface area contributed by atoms with E-state index < -0.39 is 18.5 Å². The Bertz CT molecular complexity index is 2210. The molecule has 1 fully saturated rings. The van der Waals surface area contributed by atoms with Gasteiger partial charge >= 0.3 is 6.18 Å². The van der Waals surface area contributed by atoms with E-state index in [2.05, 4.69) is 30.6 Å². The van der Waals surface area contributed by atoms with Gasteiger partial charge in [-0.2, -0.15) is 13.2 Å². The third-order valence-electron chi connectivity index (χ3n) is 8.23. The van der Waals surface area contributed by atoms with Crippen LogP contribution in [0.4, 0.5) is 36.2 Å². The van der Waals surface area contributed by atoms with Gasteiger partial charge in [0.2, 0.25) is 11.8 Å². The average molecular weight is 695 g/mol. The fraction of sp³-hybridized carbons (Fsp3) is 0.189. The van der Waals surface area contributed by atoms with E-state index in [4.69, 9.17) is 16.2 Å². The number of nitrogens with one attached hydrogen (secondary N) is 2. The van der Waals surface area contributed by atoms with Crippen molar-refractivity contribution in [1.29, 1.82) is 0 Å². The molecule has 3 heterocycles. The first kappa shape index (κ1) is 34.7. The van der Waals surface area contributed by atoms with Crippen molar-refractivity contribution >= 4 is 56.6 Å². The molecule has 11 nitrogen and oxygen atoms in total. The number of fused-ring (bicyclic) bond motifs is 2. The van der Waals surface area contributed by atoms with Gasteiger partial charge in [-0.15, -0.1) is 0 Å². The molecule has 6 N–H and O–H groups in total. The number of carbonyl (C=O) groups is 2. The number of hydrogen-bond donors (Lipinski definition) is 4. The van der Waals surface area contributed by atoms with Gasteiger partial charge in [-0.3, -0.25) is 9.59 Å². The van der Waals surface area contributed by atoms with E-state index in [1.54, 1.807) is 30.3 Å². The van der Waals surface area contributed by atoms with E-state index in [0.29, 0.717) is 35.8 Å². The summed E-state index contributed by atoms with van der Waals surface area (Å²) in [6, 6.07) is 25.6. The number of amides is 2. The summed E-state index contributed by atoms with van der Waals surface area (Å²) in [7, 11) is 0. The Morgan fingerprint density at radius 3 is 1.69 bits per heavy atom. The van der Waals surface area contributed by atoms with Crippen LogP contribution in [-0.2, 0) is 14.3 Å². The van der Waals surface area contributed by atoms with E-state index in [1.165, 1.54) is 18.7 Å². The van der Waals surface area contributed by atoms with Crippen LogP contribution in [0.5, 0.6) is 0 Å². The summed E-state index contributed by atoms with van der Waals surface area (Å²) in [5.74, 6) is -0.241. The standard InChI is InChI=1S/C20H20N4O2.C17H13F3N4O/c21-19-17-11-15(4-5-18(17)22-12-23-19)14-2-1-3-16(10-14)24-20(25)13-6-8-26-9-7-13;18-17(19,20)8-15(25)24-12-3-1-2-10(6-12)11-4-5-14-13(7-11)16(21)23-9-22-14/h1-5,10-13H,6-9H2,(H,24,25)(H2,21,22,23);1-7,9H,8H2,(H,24,25)(H2,21,22,23). The second-order valence-electron chi connectivity index (χ2n) is 11.9. The van der Waals surface area contributed by atoms with Crippen LogP contribution in [0.2, 0.25) is 0 Å². The highest BCUT2D eigenvalue weighted by molar-refractivity contribution is 5.95. The monoisotopic (exact) mass is 694 g/mol. The fourth-order valence-electron chi connectivity index (χ4n) is 5.66. The fourth-order valence-corrected chi connectivity index (χ4v) is 5.66. The van der Waals surface area contributed by atoms with Crippen LogP contribution in [0.15, 0.2) is 97.6 Å². The Labute approximate surface area is 290 Å². The van der Waals surface area contributed by atoms with Crippen molar-refractivity contribution < 1.29 is 27.5 Å². The highest BCUT2D eigenvalue weighted by Crippen LogP contribution is 2.30. The Morgan fingerprint density at radius 2 is 1.18 bits per heavy atom. The number of alkyl halides is 3. The Kier molecular flexibility index (Phi) is 10.3. The number of aromatic nitrogens is 4. The summed E-state index contributed by atoms with van der Waals surface area (Å²) in [4.78, 5) is 40.2. The van der Waals surface area contributed by atoms with Crippen LogP contribution in [0.25, 0.3) is 44.1 Å². The van der Waals surface area contributed by atoms with Crippen molar-refractivity contribution in [3.63, 3.8) is 0 Å². The van der Waals surface area contributed by atoms with Crippen molar-refractivity contribution in [2.75, 3.05) is 35.3 Å². The lowest BCUT2D eigenvalue weighted by molar-refractivity contribution is -0.150. The van der Waals surface area contributed by atoms with E-state index in [1.807, 2.05) is 48.5 Å². The zero-order valence-electron chi connectivity index (χ0n) is 27.2. The van der Waals surface area contributed by atoms with Gasteiger partial charge in [-0.1, -0.05) is 36.4 Å². The molecule has 51 heavy (non-hydrogen) atoms. The molecule has 260 valence electrons. The number of benzene rings is 4. The number of anilines is 4. The number of nitrogen functional groups attached to an aromatic ring is 2. The van der Waals surface area contributed by atoms with Crippen LogP contribution >= 0.6 is 0 Å². The molecule has 7 rings (SSSR count). The van der Waals surface area contributed by atoms with E-state index in [-0.39, 0.29) is 17.5 Å². The van der Waals surface area contributed by atoms with E-state index in [0.717, 1.165) is 51.7 Å². The summed E-state index contributed by atoms with van der Waals surface area (Å²) in [5, 5.41) is 6.77. The van der Waals surface area contributed by atoms with Crippen molar-refractivity contribution in [3.05, 3.63) is 97.6 Å². The molecule has 14 heteroatoms. The number of ether oxygens (including phenoxy) is 1. The molecule has 2 amide bonds. The van der Waals surface area contributed by atoms with Gasteiger partial charge in [-0.05, 0) is 83.6 Å². The predicted molar refractivity (Wildman–Crippen MR) is 190 cm³/mol. The lowest BCUT2D eigenvalue weighted by Gasteiger charge is -2.21. The molecule has 1 saturated heterocycles. The molecule has 1 aliphatic rings. The summed E-state index contributed by atoms with van der Waals surface area (Å²) < 4.78 is 42.1. The smallest absolute Gasteiger partial charge is 0.383 e. The largest absolute Gasteiger partial charge is 0.397 e. The summed E-state index contributed by atoms with van der Waals surface area (Å²) >= 11 is 0. The summed E-state index contributed by atoms with van der Waals surface area (Å²) in [6.45, 7) is 1.30. The zero-order valence-corrected chi connectivity index (χ0v) is 27.2. The van der Waals surface area contributed by atoms with E-state index in [9.17, 15) is 22.8 Å². The second-order valence-corrected chi connectivity index (χ2v) is 11.9. The van der Waals surface area contributed by atoms with Crippen LogP contribution in [0, 0.1) is 5.92 Å². The Balaban J connectivity index is 0.000000176. The van der Waals surface area contributed by atoms with Gasteiger partial charge in [0.1, 0.15) is 30.7 Å². The minimum atomic E-state index is -4.54. The lowest BCUT2D eigenvalue weighted by Crippen LogP contribution is -2.28. The molecule has 6 aromatic rings. The first-order valence-corrected chi connectivity index (χ1v) is 16.0. The summed E-state index contributed by atoms with van der Waals surface area (Å²) in [5.41, 5.74) is 17.9. The molecule has 0 aliphatic carbocycles. The van der Waals surface area contributed by atoms with Crippen LogP contribution < -0.4 is 22.1 Å². The van der Waals surface area contributed by atoms with Gasteiger partial charge in [0.25, 0.3) is 0 Å². The zero-order chi connectivity index (χ0) is 36.0. The first-order valence-electron chi connectivity index (χ1n) is 16.0. The van der Waals surface area contributed by atoms with Crippen molar-refractivity contribution in [3.8, 4) is 22.3 Å². The number of rotatable bonds is 6. The number of nitrogens with two attached hydrogens (primary N) is 2. The normalized spacial score (nSPS) is 13.3. The molecule has 0 atom stereocenters. The number of halogens is 3. The minimum Gasteiger partial charge on any atom is -0.383 e. The van der Waals surface area contributed by atoms with Gasteiger partial charge in [-0.25, -0.2) is 19.9 Å². The van der Waals surface area contributed by atoms with Gasteiger partial charge in [0.05, 0.1) is 11.0 Å². The second kappa shape index (κ2) is 15.2. The molecule has 4 aromatic carbocycles. The minimum absolute atomic E-state index is 0.0185. The number of hydrogen-bond acceptors (Lipinski definition) is 9. The Morgan fingerprint density at radius 1 is 0.686 bits per heavy atom. The van der Waals surface area contributed by atoms with Gasteiger partial charge in [0, 0.05) is 41.3 Å². The van der Waals surface area contributed by atoms with Crippen LogP contribution in [0.1, 0.15) is 19.3 Å². The highest BCUT2D eigenvalue weighted by atomic mass is 19.4. The molecular formula is C37H33F3N8O3. The SMILES string of the molecule is Nc1ncnc2ccc(-c3cccc(NC(=O)C4CCOCC4)c3)cc12.Nc1ncnc2ccc(-c3cccc(NC(=O)CC(F)(F)F)c3)cc12. The maximum Gasteiger partial charge on any atom is 0.397 e. The average Bonchev–Trinajstić information content (AvgIpc) is 3.12. The third-order valence-corrected chi connectivity index (χ3v) is 8.23. The van der Waals surface area contributed by atoms with Crippen molar-refractivity contribution in [1.82, 2.24) is 19.9 Å². The lowest BCUT2D eigenvalue weighted by atomic mass is 9.99. The number of carbonyl (C=O) groups excluding carboxylic acids is 2. The molecule has 1 aliphatic heterocycles. The molecule has 0 bridgehead atoms. The molecule has 2 aromatic heterocycles. The first-order chi connectivity index (χ1) is 24.5. The maximum absolute atomic E-state index is 12.4. The van der Waals surface area contributed by atoms with Crippen LogP contribution in [-0.4, -0.2) is 51.1 Å². The quantitative estimate of drug-likeness (QED) is 0.143. The number of nitrogens with zero attached hydrogens (tertiary/aromatic N) is 4. The topological polar surface area (TPSA) is 171 Å². The predicted octanol–water partition coefficient (Wildman–Crippen LogP) is 7.01. The van der Waals surface area contributed by atoms with E-state index >= 15 is 0 Å². The third kappa shape index (κ3) is 8.91. The Hall–Kier alpha value is -6.15. The van der Waals surface area contributed by atoms with Gasteiger partial charge < -0.3 is 26.8 Å². The van der Waals surface area contributed by atoms with Gasteiger partial charge in [0.15, 0.2) is 0 Å². The van der Waals surface area contributed by atoms with Crippen LogP contribution in [0.3, 0.4) is 0 Å². The molecule has 0 radical (unpaired) electrons. The highest BCUT2D eigenvalue weighted by Gasteiger charge is 2.31. The molecule has 0 spiro atoms. The maximum atomic E-state index is 12.4. The molecular weight excluding hydrogens is 661 g/mol. The summed E-state index contributed by atoms with van der Waals surface area (Å²) in [6.07, 6.45) is -1.69. The molecule has 0 saturated carbocycles.